The van der Waals surface area contributed by atoms with Crippen LogP contribution in [0.4, 0.5) is 4.39 Å². The highest BCUT2D eigenvalue weighted by Crippen LogP contribution is 2.39. The van der Waals surface area contributed by atoms with Crippen molar-refractivity contribution in [3.63, 3.8) is 0 Å². The summed E-state index contributed by atoms with van der Waals surface area (Å²) in [6.07, 6.45) is 0.820. The zero-order chi connectivity index (χ0) is 18.4. The Morgan fingerprint density at radius 2 is 1.89 bits per heavy atom. The number of halogens is 1. The van der Waals surface area contributed by atoms with E-state index in [1.807, 2.05) is 4.90 Å². The molecule has 6 heteroatoms. The normalized spacial score (nSPS) is 17.7. The average molecular weight is 381 g/mol. The van der Waals surface area contributed by atoms with E-state index in [4.69, 9.17) is 9.47 Å². The Balaban J connectivity index is 1.55. The van der Waals surface area contributed by atoms with Crippen LogP contribution in [0.5, 0.6) is 11.5 Å². The molecule has 0 spiro atoms. The Morgan fingerprint density at radius 3 is 2.74 bits per heavy atom. The van der Waals surface area contributed by atoms with Gasteiger partial charge in [0.05, 0.1) is 6.04 Å². The summed E-state index contributed by atoms with van der Waals surface area (Å²) in [5.41, 5.74) is 2.59. The highest BCUT2D eigenvalue weighted by molar-refractivity contribution is 7.10. The molecule has 4 nitrogen and oxygen atoms in total. The molecule has 0 fully saturated rings. The van der Waals surface area contributed by atoms with Crippen molar-refractivity contribution in [2.24, 2.45) is 0 Å². The predicted molar refractivity (Wildman–Crippen MR) is 99.9 cm³/mol. The summed E-state index contributed by atoms with van der Waals surface area (Å²) in [4.78, 5) is 16.5. The predicted octanol–water partition coefficient (Wildman–Crippen LogP) is 4.40. The summed E-state index contributed by atoms with van der Waals surface area (Å²) in [5.74, 6) is 0.890. The highest BCUT2D eigenvalue weighted by Gasteiger charge is 2.33. The number of carbonyl (C=O) groups is 1. The molecule has 27 heavy (non-hydrogen) atoms. The topological polar surface area (TPSA) is 38.8 Å². The third-order valence-electron chi connectivity index (χ3n) is 5.03. The Morgan fingerprint density at radius 1 is 1.07 bits per heavy atom. The second-order valence-corrected chi connectivity index (χ2v) is 7.57. The van der Waals surface area contributed by atoms with E-state index in [1.54, 1.807) is 41.7 Å². The lowest BCUT2D eigenvalue weighted by atomic mass is 9.92. The van der Waals surface area contributed by atoms with Gasteiger partial charge < -0.3 is 14.4 Å². The van der Waals surface area contributed by atoms with Crippen molar-refractivity contribution in [1.29, 1.82) is 0 Å². The van der Waals surface area contributed by atoms with Gasteiger partial charge >= 0.3 is 0 Å². The molecular formula is C21H16FNO3S. The van der Waals surface area contributed by atoms with E-state index in [0.29, 0.717) is 23.6 Å². The Labute approximate surface area is 159 Å². The van der Waals surface area contributed by atoms with Crippen molar-refractivity contribution < 1.29 is 18.7 Å². The van der Waals surface area contributed by atoms with Gasteiger partial charge in [0.15, 0.2) is 11.5 Å². The molecule has 2 aliphatic rings. The Bertz CT molecular complexity index is 1010. The lowest BCUT2D eigenvalue weighted by molar-refractivity contribution is 0.0695. The first kappa shape index (κ1) is 16.3. The van der Waals surface area contributed by atoms with Gasteiger partial charge in [-0.1, -0.05) is 12.1 Å². The van der Waals surface area contributed by atoms with Crippen molar-refractivity contribution in [3.05, 3.63) is 81.3 Å². The fourth-order valence-corrected chi connectivity index (χ4v) is 4.64. The van der Waals surface area contributed by atoms with Gasteiger partial charge in [0.2, 0.25) is 6.79 Å². The molecule has 1 aromatic heterocycles. The molecule has 136 valence electrons. The lowest BCUT2D eigenvalue weighted by Gasteiger charge is -2.36. The number of hydrogen-bond donors (Lipinski definition) is 0. The number of hydrogen-bond acceptors (Lipinski definition) is 4. The first-order chi connectivity index (χ1) is 13.2. The molecule has 0 saturated heterocycles. The van der Waals surface area contributed by atoms with Crippen LogP contribution in [0.1, 0.15) is 32.4 Å². The van der Waals surface area contributed by atoms with Crippen LogP contribution in [0.2, 0.25) is 0 Å². The third-order valence-corrected chi connectivity index (χ3v) is 6.03. The summed E-state index contributed by atoms with van der Waals surface area (Å²) in [5, 5.41) is 2.05. The summed E-state index contributed by atoms with van der Waals surface area (Å²) in [6, 6.07) is 13.5. The fraction of sp³-hybridized carbons (Fsp3) is 0.190. The van der Waals surface area contributed by atoms with Crippen LogP contribution in [0.15, 0.2) is 53.9 Å². The quantitative estimate of drug-likeness (QED) is 0.660. The number of fused-ring (bicyclic) bond motifs is 2. The van der Waals surface area contributed by atoms with Crippen molar-refractivity contribution in [2.45, 2.75) is 12.5 Å². The van der Waals surface area contributed by atoms with Crippen LogP contribution < -0.4 is 9.47 Å². The molecule has 1 unspecified atom stereocenters. The summed E-state index contributed by atoms with van der Waals surface area (Å²) < 4.78 is 24.2. The van der Waals surface area contributed by atoms with E-state index in [9.17, 15) is 9.18 Å². The molecule has 1 amide bonds. The smallest absolute Gasteiger partial charge is 0.254 e. The Hall–Kier alpha value is -2.86. The molecule has 0 bridgehead atoms. The number of ether oxygens (including phenoxy) is 2. The molecule has 3 aromatic rings. The van der Waals surface area contributed by atoms with Gasteiger partial charge in [-0.25, -0.2) is 4.39 Å². The van der Waals surface area contributed by atoms with Crippen molar-refractivity contribution >= 4 is 17.2 Å². The van der Waals surface area contributed by atoms with Gasteiger partial charge in [0, 0.05) is 17.0 Å². The minimum atomic E-state index is -0.284. The molecule has 0 radical (unpaired) electrons. The third kappa shape index (κ3) is 2.77. The van der Waals surface area contributed by atoms with Crippen LogP contribution in [0.3, 0.4) is 0 Å². The number of nitrogens with zero attached hydrogens (tertiary/aromatic N) is 1. The molecule has 2 aromatic carbocycles. The lowest BCUT2D eigenvalue weighted by Crippen LogP contribution is -2.40. The maximum Gasteiger partial charge on any atom is 0.254 e. The van der Waals surface area contributed by atoms with E-state index in [1.165, 1.54) is 17.0 Å². The number of thiophene rings is 1. The van der Waals surface area contributed by atoms with E-state index in [2.05, 4.69) is 11.4 Å². The number of carbonyl (C=O) groups excluding carboxylic acids is 1. The van der Waals surface area contributed by atoms with E-state index >= 15 is 0 Å². The van der Waals surface area contributed by atoms with Gasteiger partial charge in [0.25, 0.3) is 5.91 Å². The molecular weight excluding hydrogens is 365 g/mol. The molecule has 2 aliphatic heterocycles. The molecule has 5 rings (SSSR count). The standard InChI is InChI=1S/C21H16FNO3S/c22-15-4-1-13(2-5-15)20-16-8-10-27-19(16)7-9-23(20)21(24)14-3-6-17-18(11-14)26-12-25-17/h1-6,8,10-11,20H,7,9,12H2. The monoisotopic (exact) mass is 381 g/mol. The molecule has 0 aliphatic carbocycles. The van der Waals surface area contributed by atoms with Crippen molar-refractivity contribution in [1.82, 2.24) is 4.90 Å². The van der Waals surface area contributed by atoms with Crippen LogP contribution in [-0.2, 0) is 6.42 Å². The van der Waals surface area contributed by atoms with E-state index in [-0.39, 0.29) is 24.6 Å². The minimum absolute atomic E-state index is 0.0699. The zero-order valence-electron chi connectivity index (χ0n) is 14.4. The molecule has 0 saturated carbocycles. The van der Waals surface area contributed by atoms with Gasteiger partial charge in [0.1, 0.15) is 5.82 Å². The first-order valence-electron chi connectivity index (χ1n) is 8.73. The Kier molecular flexibility index (Phi) is 3.86. The minimum Gasteiger partial charge on any atom is -0.454 e. The van der Waals surface area contributed by atoms with Gasteiger partial charge in [-0.2, -0.15) is 0 Å². The SMILES string of the molecule is O=C(c1ccc2c(c1)OCO2)N1CCc2sccc2C1c1ccc(F)cc1. The second-order valence-electron chi connectivity index (χ2n) is 6.57. The summed E-state index contributed by atoms with van der Waals surface area (Å²) in [7, 11) is 0. The largest absolute Gasteiger partial charge is 0.454 e. The van der Waals surface area contributed by atoms with Gasteiger partial charge in [-0.05, 0) is 59.3 Å². The second kappa shape index (κ2) is 6.39. The number of rotatable bonds is 2. The first-order valence-corrected chi connectivity index (χ1v) is 9.61. The zero-order valence-corrected chi connectivity index (χ0v) is 15.2. The van der Waals surface area contributed by atoms with E-state index < -0.39 is 0 Å². The van der Waals surface area contributed by atoms with Crippen molar-refractivity contribution in [2.75, 3.05) is 13.3 Å². The molecule has 0 N–H and O–H groups in total. The van der Waals surface area contributed by atoms with Crippen molar-refractivity contribution in [3.8, 4) is 11.5 Å². The number of amides is 1. The summed E-state index contributed by atoms with van der Waals surface area (Å²) in [6.45, 7) is 0.788. The average Bonchev–Trinajstić information content (AvgIpc) is 3.35. The highest BCUT2D eigenvalue weighted by atomic mass is 32.1. The molecule has 1 atom stereocenters. The van der Waals surface area contributed by atoms with Crippen LogP contribution in [0, 0.1) is 5.82 Å². The number of benzene rings is 2. The van der Waals surface area contributed by atoms with Crippen LogP contribution in [-0.4, -0.2) is 24.1 Å². The fourth-order valence-electron chi connectivity index (χ4n) is 3.74. The van der Waals surface area contributed by atoms with Gasteiger partial charge in [-0.15, -0.1) is 11.3 Å². The van der Waals surface area contributed by atoms with Crippen LogP contribution >= 0.6 is 11.3 Å². The van der Waals surface area contributed by atoms with Crippen LogP contribution in [0.25, 0.3) is 0 Å². The summed E-state index contributed by atoms with van der Waals surface area (Å²) >= 11 is 1.70. The van der Waals surface area contributed by atoms with Gasteiger partial charge in [-0.3, -0.25) is 4.79 Å². The van der Waals surface area contributed by atoms with E-state index in [0.717, 1.165) is 17.5 Å². The maximum atomic E-state index is 13.4. The molecule has 3 heterocycles. The maximum absolute atomic E-state index is 13.4.